The van der Waals surface area contributed by atoms with Crippen molar-refractivity contribution < 1.29 is 49.3 Å². The number of carboxylic acid groups (broad SMARTS) is 2. The molecular formula is C52H96N2O10. The van der Waals surface area contributed by atoms with Crippen LogP contribution in [0.15, 0.2) is 0 Å². The van der Waals surface area contributed by atoms with Crippen LogP contribution < -0.4 is 0 Å². The van der Waals surface area contributed by atoms with Gasteiger partial charge in [-0.15, -0.1) is 0 Å². The molecule has 0 aromatic carbocycles. The minimum absolute atomic E-state index is 0.0483. The molecule has 0 amide bonds. The number of esters is 2. The molecule has 0 aromatic heterocycles. The van der Waals surface area contributed by atoms with Gasteiger partial charge in [-0.05, 0) is 68.2 Å². The number of piperidine rings is 2. The normalized spacial score (nSPS) is 20.9. The molecule has 0 aromatic rings. The number of hydrogen-bond donors (Lipinski definition) is 4. The summed E-state index contributed by atoms with van der Waals surface area (Å²) in [4.78, 5) is 57.2. The minimum Gasteiger partial charge on any atom is -0.481 e. The summed E-state index contributed by atoms with van der Waals surface area (Å²) in [6, 6.07) is 0. The Bertz CT molecular complexity index is 1380. The van der Waals surface area contributed by atoms with Gasteiger partial charge in [0, 0.05) is 47.8 Å². The SMILES string of the molecule is CCCCCCCCCCCCCC(CC(=O)O)(C(=O)O)C(CCCCCCCCCCCCC)(CC(=O)OC1CC(C)(C)N(O)C(C)(C)C1)C(=O)OC1CC(C)(C)N(O)C(C)(C)C1. The number of carboxylic acids is 2. The van der Waals surface area contributed by atoms with Crippen LogP contribution in [0.1, 0.15) is 262 Å². The molecule has 374 valence electrons. The number of hydroxylamine groups is 4. The van der Waals surface area contributed by atoms with E-state index in [1.807, 2.05) is 55.4 Å². The van der Waals surface area contributed by atoms with Crippen LogP contribution in [-0.4, -0.2) is 89.0 Å². The first-order valence-corrected chi connectivity index (χ1v) is 25.8. The predicted octanol–water partition coefficient (Wildman–Crippen LogP) is 13.2. The van der Waals surface area contributed by atoms with Gasteiger partial charge < -0.3 is 30.1 Å². The number of unbranched alkanes of at least 4 members (excludes halogenated alkanes) is 20. The Labute approximate surface area is 389 Å². The average molecular weight is 909 g/mol. The zero-order valence-corrected chi connectivity index (χ0v) is 42.5. The van der Waals surface area contributed by atoms with E-state index in [-0.39, 0.29) is 25.7 Å². The molecule has 0 bridgehead atoms. The van der Waals surface area contributed by atoms with E-state index in [0.717, 1.165) is 51.4 Å². The van der Waals surface area contributed by atoms with Crippen LogP contribution in [0.4, 0.5) is 0 Å². The van der Waals surface area contributed by atoms with E-state index in [9.17, 15) is 35.0 Å². The van der Waals surface area contributed by atoms with Crippen LogP contribution in [0, 0.1) is 10.8 Å². The molecule has 2 aliphatic rings. The zero-order valence-electron chi connectivity index (χ0n) is 42.5. The first-order valence-electron chi connectivity index (χ1n) is 25.8. The predicted molar refractivity (Wildman–Crippen MR) is 253 cm³/mol. The zero-order chi connectivity index (χ0) is 48.2. The largest absolute Gasteiger partial charge is 0.481 e. The van der Waals surface area contributed by atoms with Crippen LogP contribution in [-0.2, 0) is 28.7 Å². The highest BCUT2D eigenvalue weighted by atomic mass is 16.6. The highest BCUT2D eigenvalue weighted by Gasteiger charge is 2.64. The number of aliphatic carboxylic acids is 2. The number of rotatable bonds is 33. The van der Waals surface area contributed by atoms with Gasteiger partial charge in [-0.2, -0.15) is 10.1 Å². The van der Waals surface area contributed by atoms with Crippen molar-refractivity contribution in [3.05, 3.63) is 0 Å². The number of hydrogen-bond acceptors (Lipinski definition) is 10. The highest BCUT2D eigenvalue weighted by molar-refractivity contribution is 5.93. The Kier molecular flexibility index (Phi) is 24.3. The third kappa shape index (κ3) is 17.4. The Hall–Kier alpha value is -2.28. The molecule has 2 aliphatic heterocycles. The standard InChI is InChI=1S/C52H96N2O10/c1-11-13-15-17-19-21-23-25-27-29-31-33-51(45(58)59,39-43(55)56)52(34-32-30-28-26-24-22-20-18-16-14-12-2,46(60)64-42-37-49(7,8)54(62)50(9,10)38-42)40-44(57)63-41-35-47(3,4)53(61)48(5,6)36-41/h41-42,61-62H,11-40H2,1-10H3,(H,55,56)(H,58,59). The van der Waals surface area contributed by atoms with E-state index in [4.69, 9.17) is 9.47 Å². The van der Waals surface area contributed by atoms with Crippen LogP contribution in [0.3, 0.4) is 0 Å². The Morgan fingerprint density at radius 3 is 1.08 bits per heavy atom. The monoisotopic (exact) mass is 909 g/mol. The van der Waals surface area contributed by atoms with Gasteiger partial charge in [0.2, 0.25) is 0 Å². The summed E-state index contributed by atoms with van der Waals surface area (Å²) in [5.74, 6) is -4.43. The van der Waals surface area contributed by atoms with Crippen molar-refractivity contribution in [1.29, 1.82) is 0 Å². The fourth-order valence-electron chi connectivity index (χ4n) is 11.5. The smallest absolute Gasteiger partial charge is 0.314 e. The molecule has 0 aliphatic carbocycles. The van der Waals surface area contributed by atoms with Crippen molar-refractivity contribution in [3.63, 3.8) is 0 Å². The number of carbonyl (C=O) groups excluding carboxylic acids is 2. The Morgan fingerprint density at radius 2 is 0.766 bits per heavy atom. The topological polar surface area (TPSA) is 174 Å². The molecule has 12 nitrogen and oxygen atoms in total. The van der Waals surface area contributed by atoms with Gasteiger partial charge in [0.05, 0.1) is 23.7 Å². The van der Waals surface area contributed by atoms with E-state index >= 15 is 4.79 Å². The third-order valence-corrected chi connectivity index (χ3v) is 14.8. The van der Waals surface area contributed by atoms with E-state index in [1.165, 1.54) is 74.3 Å². The number of ether oxygens (including phenoxy) is 2. The molecule has 12 heteroatoms. The average Bonchev–Trinajstić information content (AvgIpc) is 3.18. The summed E-state index contributed by atoms with van der Waals surface area (Å²) >= 11 is 0. The fourth-order valence-corrected chi connectivity index (χ4v) is 11.5. The van der Waals surface area contributed by atoms with Crippen LogP contribution in [0.2, 0.25) is 0 Å². The van der Waals surface area contributed by atoms with Gasteiger partial charge in [0.15, 0.2) is 0 Å². The minimum atomic E-state index is -2.18. The van der Waals surface area contributed by atoms with Crippen molar-refractivity contribution in [2.75, 3.05) is 0 Å². The van der Waals surface area contributed by atoms with E-state index in [1.54, 1.807) is 0 Å². The molecule has 2 saturated heterocycles. The molecule has 2 unspecified atom stereocenters. The summed E-state index contributed by atoms with van der Waals surface area (Å²) in [5, 5.41) is 46.8. The summed E-state index contributed by atoms with van der Waals surface area (Å²) < 4.78 is 12.7. The molecule has 2 atom stereocenters. The molecule has 0 saturated carbocycles. The Morgan fingerprint density at radius 1 is 0.469 bits per heavy atom. The molecule has 0 radical (unpaired) electrons. The number of carbonyl (C=O) groups is 4. The van der Waals surface area contributed by atoms with Gasteiger partial charge >= 0.3 is 23.9 Å². The Balaban J connectivity index is 2.59. The lowest BCUT2D eigenvalue weighted by atomic mass is 9.55. The molecular weight excluding hydrogens is 813 g/mol. The number of nitrogens with zero attached hydrogens (tertiary/aromatic N) is 2. The van der Waals surface area contributed by atoms with Gasteiger partial charge in [-0.3, -0.25) is 19.2 Å². The van der Waals surface area contributed by atoms with Gasteiger partial charge in [-0.25, -0.2) is 0 Å². The van der Waals surface area contributed by atoms with E-state index in [0.29, 0.717) is 38.5 Å². The summed E-state index contributed by atoms with van der Waals surface area (Å²) in [6.07, 6.45) is 20.6. The van der Waals surface area contributed by atoms with Gasteiger partial charge in [-0.1, -0.05) is 155 Å². The van der Waals surface area contributed by atoms with Gasteiger partial charge in [0.1, 0.15) is 12.2 Å². The molecule has 64 heavy (non-hydrogen) atoms. The van der Waals surface area contributed by atoms with E-state index in [2.05, 4.69) is 13.8 Å². The lowest BCUT2D eigenvalue weighted by Gasteiger charge is -2.52. The van der Waals surface area contributed by atoms with Crippen LogP contribution in [0.25, 0.3) is 0 Å². The van der Waals surface area contributed by atoms with Gasteiger partial charge in [0.25, 0.3) is 0 Å². The van der Waals surface area contributed by atoms with Crippen molar-refractivity contribution in [2.45, 2.75) is 296 Å². The summed E-state index contributed by atoms with van der Waals surface area (Å²) in [7, 11) is 0. The third-order valence-electron chi connectivity index (χ3n) is 14.8. The molecule has 2 heterocycles. The van der Waals surface area contributed by atoms with E-state index < -0.39 is 81.9 Å². The fraction of sp³-hybridized carbons (Fsp3) is 0.923. The quantitative estimate of drug-likeness (QED) is 0.0363. The lowest BCUT2D eigenvalue weighted by molar-refractivity contribution is -0.262. The highest BCUT2D eigenvalue weighted by Crippen LogP contribution is 2.55. The van der Waals surface area contributed by atoms with Crippen molar-refractivity contribution in [2.24, 2.45) is 10.8 Å². The second kappa shape index (κ2) is 26.9. The second-order valence-corrected chi connectivity index (χ2v) is 22.6. The van der Waals surface area contributed by atoms with Crippen LogP contribution >= 0.6 is 0 Å². The first kappa shape index (κ1) is 57.8. The maximum atomic E-state index is 15.5. The summed E-state index contributed by atoms with van der Waals surface area (Å²) in [5.41, 5.74) is -7.34. The lowest BCUT2D eigenvalue weighted by Crippen LogP contribution is -2.62. The molecule has 4 N–H and O–H groups in total. The van der Waals surface area contributed by atoms with Crippen molar-refractivity contribution >= 4 is 23.9 Å². The maximum absolute atomic E-state index is 15.5. The maximum Gasteiger partial charge on any atom is 0.314 e. The van der Waals surface area contributed by atoms with Crippen LogP contribution in [0.5, 0.6) is 0 Å². The van der Waals surface area contributed by atoms with Crippen molar-refractivity contribution in [1.82, 2.24) is 10.1 Å². The molecule has 2 fully saturated rings. The molecule has 0 spiro atoms. The second-order valence-electron chi connectivity index (χ2n) is 22.6. The molecule has 2 rings (SSSR count). The first-order chi connectivity index (χ1) is 29.9. The summed E-state index contributed by atoms with van der Waals surface area (Å²) in [6.45, 7) is 19.3. The van der Waals surface area contributed by atoms with Crippen molar-refractivity contribution in [3.8, 4) is 0 Å².